The molecule has 1 aromatic carbocycles. The first-order valence-corrected chi connectivity index (χ1v) is 9.40. The number of sulfonamides is 1. The number of rotatable bonds is 4. The summed E-state index contributed by atoms with van der Waals surface area (Å²) >= 11 is 7.90. The highest BCUT2D eigenvalue weighted by Crippen LogP contribution is 2.34. The van der Waals surface area contributed by atoms with E-state index in [1.807, 2.05) is 0 Å². The molecule has 0 saturated carbocycles. The number of nitrogens with one attached hydrogen (secondary N) is 1. The highest BCUT2D eigenvalue weighted by atomic mass is 79.9. The van der Waals surface area contributed by atoms with Crippen LogP contribution in [0.3, 0.4) is 0 Å². The number of aryl methyl sites for hydroxylation is 1. The van der Waals surface area contributed by atoms with Crippen molar-refractivity contribution in [2.75, 3.05) is 4.72 Å². The molecule has 2 rings (SSSR count). The van der Waals surface area contributed by atoms with Crippen LogP contribution in [0, 0.1) is 6.92 Å². The molecule has 0 aliphatic carbocycles. The Morgan fingerprint density at radius 1 is 1.30 bits per heavy atom. The van der Waals surface area contributed by atoms with Crippen LogP contribution in [0.2, 0.25) is 0 Å². The molecule has 2 N–H and O–H groups in total. The van der Waals surface area contributed by atoms with Gasteiger partial charge in [0.2, 0.25) is 0 Å². The molecular weight excluding hydrogens is 430 g/mol. The Kier molecular flexibility index (Phi) is 4.91. The van der Waals surface area contributed by atoms with Gasteiger partial charge < -0.3 is 5.11 Å². The van der Waals surface area contributed by atoms with E-state index in [9.17, 15) is 8.42 Å². The van der Waals surface area contributed by atoms with Crippen LogP contribution >= 0.6 is 43.2 Å². The fourth-order valence-electron chi connectivity index (χ4n) is 1.65. The Labute approximate surface area is 138 Å². The van der Waals surface area contributed by atoms with E-state index in [1.165, 1.54) is 17.4 Å². The average Bonchev–Trinajstić information content (AvgIpc) is 2.76. The Morgan fingerprint density at radius 2 is 1.90 bits per heavy atom. The summed E-state index contributed by atoms with van der Waals surface area (Å²) in [6.45, 7) is 1.55. The first kappa shape index (κ1) is 16.0. The Bertz CT molecular complexity index is 721. The molecule has 0 amide bonds. The number of para-hydroxylation sites is 1. The average molecular weight is 441 g/mol. The number of halogens is 2. The van der Waals surface area contributed by atoms with Crippen LogP contribution in [0.25, 0.3) is 0 Å². The molecular formula is C12H11Br2NO3S2. The molecule has 0 bridgehead atoms. The molecule has 2 aromatic rings. The lowest BCUT2D eigenvalue weighted by molar-refractivity contribution is 0.285. The molecule has 0 aliphatic heterocycles. The van der Waals surface area contributed by atoms with Gasteiger partial charge in [-0.1, -0.05) is 6.07 Å². The number of aliphatic hydroxyl groups is 1. The summed E-state index contributed by atoms with van der Waals surface area (Å²) < 4.78 is 28.7. The molecule has 1 aromatic heterocycles. The van der Waals surface area contributed by atoms with Gasteiger partial charge in [-0.25, -0.2) is 8.42 Å². The van der Waals surface area contributed by atoms with Crippen LogP contribution in [0.4, 0.5) is 5.69 Å². The Hall–Kier alpha value is -0.410. The van der Waals surface area contributed by atoms with Crippen molar-refractivity contribution in [1.29, 1.82) is 0 Å². The minimum Gasteiger partial charge on any atom is -0.391 e. The molecule has 0 radical (unpaired) electrons. The lowest BCUT2D eigenvalue weighted by Crippen LogP contribution is -2.14. The fraction of sp³-hybridized carbons (Fsp3) is 0.167. The van der Waals surface area contributed by atoms with Gasteiger partial charge in [0, 0.05) is 18.7 Å². The second-order valence-corrected chi connectivity index (χ2v) is 8.69. The number of anilines is 1. The summed E-state index contributed by atoms with van der Waals surface area (Å²) in [7, 11) is -3.69. The number of hydrogen-bond donors (Lipinski definition) is 2. The van der Waals surface area contributed by atoms with Crippen molar-refractivity contribution in [3.8, 4) is 0 Å². The molecule has 0 fully saturated rings. The van der Waals surface area contributed by atoms with Gasteiger partial charge in [0.1, 0.15) is 4.90 Å². The summed E-state index contributed by atoms with van der Waals surface area (Å²) in [6.07, 6.45) is 0. The predicted molar refractivity (Wildman–Crippen MR) is 87.6 cm³/mol. The van der Waals surface area contributed by atoms with Gasteiger partial charge in [-0.2, -0.15) is 0 Å². The third-order valence-electron chi connectivity index (χ3n) is 2.57. The SMILES string of the molecule is Cc1sc(CO)cc1S(=O)(=O)Nc1c(Br)cccc1Br. The van der Waals surface area contributed by atoms with Gasteiger partial charge in [-0.15, -0.1) is 11.3 Å². The molecule has 0 aliphatic rings. The molecule has 4 nitrogen and oxygen atoms in total. The largest absolute Gasteiger partial charge is 0.391 e. The van der Waals surface area contributed by atoms with E-state index in [0.29, 0.717) is 24.4 Å². The van der Waals surface area contributed by atoms with Gasteiger partial charge in [0.05, 0.1) is 12.3 Å². The van der Waals surface area contributed by atoms with Crippen molar-refractivity contribution in [3.05, 3.63) is 43.0 Å². The van der Waals surface area contributed by atoms with Crippen LogP contribution in [0.1, 0.15) is 9.75 Å². The summed E-state index contributed by atoms with van der Waals surface area (Å²) in [5.74, 6) is 0. The van der Waals surface area contributed by atoms with E-state index >= 15 is 0 Å². The molecule has 1 heterocycles. The zero-order valence-electron chi connectivity index (χ0n) is 10.4. The molecule has 0 atom stereocenters. The number of thiophene rings is 1. The van der Waals surface area contributed by atoms with Crippen LogP contribution in [0.15, 0.2) is 38.1 Å². The van der Waals surface area contributed by atoms with E-state index in [2.05, 4.69) is 36.6 Å². The molecule has 20 heavy (non-hydrogen) atoms. The minimum atomic E-state index is -3.69. The number of hydrogen-bond acceptors (Lipinski definition) is 4. The Morgan fingerprint density at radius 3 is 2.40 bits per heavy atom. The van der Waals surface area contributed by atoms with Crippen LogP contribution in [-0.4, -0.2) is 13.5 Å². The first-order valence-electron chi connectivity index (χ1n) is 5.52. The van der Waals surface area contributed by atoms with Crippen molar-refractivity contribution < 1.29 is 13.5 Å². The van der Waals surface area contributed by atoms with Crippen LogP contribution in [0.5, 0.6) is 0 Å². The monoisotopic (exact) mass is 439 g/mol. The van der Waals surface area contributed by atoms with E-state index in [1.54, 1.807) is 25.1 Å². The highest BCUT2D eigenvalue weighted by molar-refractivity contribution is 9.11. The second-order valence-electron chi connectivity index (χ2n) is 3.99. The van der Waals surface area contributed by atoms with E-state index in [0.717, 1.165) is 0 Å². The molecule has 0 saturated heterocycles. The molecule has 0 unspecified atom stereocenters. The molecule has 0 spiro atoms. The first-order chi connectivity index (χ1) is 9.35. The van der Waals surface area contributed by atoms with Gasteiger partial charge in [-0.3, -0.25) is 4.72 Å². The van der Waals surface area contributed by atoms with Gasteiger partial charge in [0.15, 0.2) is 0 Å². The van der Waals surface area contributed by atoms with Crippen LogP contribution in [-0.2, 0) is 16.6 Å². The standard InChI is InChI=1S/C12H11Br2NO3S2/c1-7-11(5-8(6-16)19-7)20(17,18)15-12-9(13)3-2-4-10(12)14/h2-5,15-16H,6H2,1H3. The maximum absolute atomic E-state index is 12.4. The zero-order valence-corrected chi connectivity index (χ0v) is 15.2. The van der Waals surface area contributed by atoms with Crippen molar-refractivity contribution in [2.45, 2.75) is 18.4 Å². The normalized spacial score (nSPS) is 11.6. The molecule has 108 valence electrons. The number of aliphatic hydroxyl groups excluding tert-OH is 1. The molecule has 8 heteroatoms. The summed E-state index contributed by atoms with van der Waals surface area (Å²) in [6, 6.07) is 6.79. The quantitative estimate of drug-likeness (QED) is 0.758. The summed E-state index contributed by atoms with van der Waals surface area (Å²) in [5.41, 5.74) is 0.448. The maximum atomic E-state index is 12.4. The second kappa shape index (κ2) is 6.15. The van der Waals surface area contributed by atoms with Crippen molar-refractivity contribution in [2.24, 2.45) is 0 Å². The topological polar surface area (TPSA) is 66.4 Å². The Balaban J connectivity index is 2.43. The summed E-state index contributed by atoms with van der Waals surface area (Å²) in [5, 5.41) is 9.10. The number of benzene rings is 1. The van der Waals surface area contributed by atoms with E-state index in [-0.39, 0.29) is 11.5 Å². The lowest BCUT2D eigenvalue weighted by Gasteiger charge is -2.11. The van der Waals surface area contributed by atoms with Crippen LogP contribution < -0.4 is 4.72 Å². The maximum Gasteiger partial charge on any atom is 0.263 e. The third kappa shape index (κ3) is 3.25. The lowest BCUT2D eigenvalue weighted by atomic mass is 10.3. The van der Waals surface area contributed by atoms with Crippen molar-refractivity contribution >= 4 is 58.9 Å². The summed E-state index contributed by atoms with van der Waals surface area (Å²) in [4.78, 5) is 1.45. The smallest absolute Gasteiger partial charge is 0.263 e. The highest BCUT2D eigenvalue weighted by Gasteiger charge is 2.21. The zero-order chi connectivity index (χ0) is 14.9. The minimum absolute atomic E-state index is 0.167. The van der Waals surface area contributed by atoms with Gasteiger partial charge in [0.25, 0.3) is 10.0 Å². The van der Waals surface area contributed by atoms with Gasteiger partial charge in [-0.05, 0) is 57.0 Å². The van der Waals surface area contributed by atoms with E-state index in [4.69, 9.17) is 5.11 Å². The third-order valence-corrected chi connectivity index (χ3v) is 6.53. The van der Waals surface area contributed by atoms with E-state index < -0.39 is 10.0 Å². The van der Waals surface area contributed by atoms with Crippen molar-refractivity contribution in [3.63, 3.8) is 0 Å². The van der Waals surface area contributed by atoms with Gasteiger partial charge >= 0.3 is 0 Å². The fourth-order valence-corrected chi connectivity index (χ4v) is 5.71. The van der Waals surface area contributed by atoms with Crippen molar-refractivity contribution in [1.82, 2.24) is 0 Å². The predicted octanol–water partition coefficient (Wildman–Crippen LogP) is 3.87.